The van der Waals surface area contributed by atoms with Crippen LogP contribution in [0.4, 0.5) is 0 Å². The molecule has 1 heterocycles. The number of pyridine rings is 1. The normalized spacial score (nSPS) is 15.4. The van der Waals surface area contributed by atoms with Crippen molar-refractivity contribution >= 4 is 5.91 Å². The van der Waals surface area contributed by atoms with Gasteiger partial charge in [0.05, 0.1) is 7.11 Å². The molecule has 3 rings (SSSR count). The standard InChI is InChI=1S/C22H28N2O3/c1-4-21(22(25)24-18-7-5-6-8-18)27-20-11-16(10-19(12-20)26-3)17-9-15(2)13-23-14-17/h9-14,18,21H,4-8H2,1-3H3,(H,24,25). The van der Waals surface area contributed by atoms with Crippen molar-refractivity contribution in [3.8, 4) is 22.6 Å². The van der Waals surface area contributed by atoms with E-state index in [2.05, 4.69) is 16.4 Å². The van der Waals surface area contributed by atoms with Crippen LogP contribution in [-0.2, 0) is 4.79 Å². The Bertz CT molecular complexity index is 785. The van der Waals surface area contributed by atoms with Crippen LogP contribution in [0.5, 0.6) is 11.5 Å². The lowest BCUT2D eigenvalue weighted by molar-refractivity contribution is -0.128. The zero-order valence-electron chi connectivity index (χ0n) is 16.3. The molecule has 0 radical (unpaired) electrons. The predicted molar refractivity (Wildman–Crippen MR) is 106 cm³/mol. The van der Waals surface area contributed by atoms with E-state index >= 15 is 0 Å². The minimum absolute atomic E-state index is 0.0361. The molecule has 1 aliphatic carbocycles. The van der Waals surface area contributed by atoms with E-state index in [1.165, 1.54) is 12.8 Å². The van der Waals surface area contributed by atoms with Gasteiger partial charge in [-0.05, 0) is 55.5 Å². The SMILES string of the molecule is CCC(Oc1cc(OC)cc(-c2cncc(C)c2)c1)C(=O)NC1CCCC1. The van der Waals surface area contributed by atoms with Crippen molar-refractivity contribution in [2.45, 2.75) is 58.1 Å². The van der Waals surface area contributed by atoms with E-state index in [1.54, 1.807) is 7.11 Å². The third kappa shape index (κ3) is 5.00. The monoisotopic (exact) mass is 368 g/mol. The first-order chi connectivity index (χ1) is 13.1. The number of methoxy groups -OCH3 is 1. The van der Waals surface area contributed by atoms with E-state index in [0.717, 1.165) is 29.5 Å². The summed E-state index contributed by atoms with van der Waals surface area (Å²) in [5.41, 5.74) is 3.02. The number of carbonyl (C=O) groups is 1. The summed E-state index contributed by atoms with van der Waals surface area (Å²) in [7, 11) is 1.63. The smallest absolute Gasteiger partial charge is 0.261 e. The molecule has 1 fully saturated rings. The molecule has 0 bridgehead atoms. The van der Waals surface area contributed by atoms with Crippen molar-refractivity contribution in [1.29, 1.82) is 0 Å². The summed E-state index contributed by atoms with van der Waals surface area (Å²) >= 11 is 0. The maximum absolute atomic E-state index is 12.6. The van der Waals surface area contributed by atoms with Gasteiger partial charge in [0.25, 0.3) is 5.91 Å². The summed E-state index contributed by atoms with van der Waals surface area (Å²) in [6.07, 6.45) is 8.23. The number of aromatic nitrogens is 1. The number of nitrogens with zero attached hydrogens (tertiary/aromatic N) is 1. The minimum Gasteiger partial charge on any atom is -0.497 e. The van der Waals surface area contributed by atoms with Crippen molar-refractivity contribution in [1.82, 2.24) is 10.3 Å². The molecule has 1 atom stereocenters. The summed E-state index contributed by atoms with van der Waals surface area (Å²) in [5, 5.41) is 3.13. The molecular formula is C22H28N2O3. The molecule has 144 valence electrons. The second kappa shape index (κ2) is 8.89. The number of rotatable bonds is 7. The first-order valence-corrected chi connectivity index (χ1v) is 9.67. The highest BCUT2D eigenvalue weighted by molar-refractivity contribution is 5.81. The van der Waals surface area contributed by atoms with E-state index in [0.29, 0.717) is 17.9 Å². The third-order valence-corrected chi connectivity index (χ3v) is 4.97. The lowest BCUT2D eigenvalue weighted by atomic mass is 10.1. The summed E-state index contributed by atoms with van der Waals surface area (Å²) in [4.78, 5) is 16.9. The second-order valence-corrected chi connectivity index (χ2v) is 7.15. The zero-order valence-corrected chi connectivity index (χ0v) is 16.3. The van der Waals surface area contributed by atoms with Crippen LogP contribution >= 0.6 is 0 Å². The van der Waals surface area contributed by atoms with E-state index in [9.17, 15) is 4.79 Å². The second-order valence-electron chi connectivity index (χ2n) is 7.15. The van der Waals surface area contributed by atoms with Gasteiger partial charge < -0.3 is 14.8 Å². The van der Waals surface area contributed by atoms with Gasteiger partial charge in [0.2, 0.25) is 0 Å². The topological polar surface area (TPSA) is 60.5 Å². The first-order valence-electron chi connectivity index (χ1n) is 9.67. The molecule has 5 heteroatoms. The highest BCUT2D eigenvalue weighted by atomic mass is 16.5. The average molecular weight is 368 g/mol. The lowest BCUT2D eigenvalue weighted by Gasteiger charge is -2.21. The van der Waals surface area contributed by atoms with Crippen LogP contribution in [0.3, 0.4) is 0 Å². The van der Waals surface area contributed by atoms with Gasteiger partial charge >= 0.3 is 0 Å². The van der Waals surface area contributed by atoms with Crippen LogP contribution in [0.2, 0.25) is 0 Å². The van der Waals surface area contributed by atoms with E-state index in [1.807, 2.05) is 44.4 Å². The molecule has 1 saturated carbocycles. The number of hydrogen-bond donors (Lipinski definition) is 1. The molecule has 0 spiro atoms. The maximum atomic E-state index is 12.6. The maximum Gasteiger partial charge on any atom is 0.261 e. The number of carbonyl (C=O) groups excluding carboxylic acids is 1. The molecule has 1 aromatic heterocycles. The number of aryl methyl sites for hydroxylation is 1. The molecule has 1 N–H and O–H groups in total. The van der Waals surface area contributed by atoms with Crippen LogP contribution in [0, 0.1) is 6.92 Å². The van der Waals surface area contributed by atoms with Gasteiger partial charge in [0, 0.05) is 30.1 Å². The minimum atomic E-state index is -0.513. The van der Waals surface area contributed by atoms with Crippen molar-refractivity contribution in [3.05, 3.63) is 42.2 Å². The van der Waals surface area contributed by atoms with E-state index in [4.69, 9.17) is 9.47 Å². The quantitative estimate of drug-likeness (QED) is 0.792. The zero-order chi connectivity index (χ0) is 19.2. The van der Waals surface area contributed by atoms with Gasteiger partial charge in [-0.15, -0.1) is 0 Å². The lowest BCUT2D eigenvalue weighted by Crippen LogP contribution is -2.42. The Hall–Kier alpha value is -2.56. The van der Waals surface area contributed by atoms with Crippen molar-refractivity contribution < 1.29 is 14.3 Å². The van der Waals surface area contributed by atoms with Crippen molar-refractivity contribution in [3.63, 3.8) is 0 Å². The fraction of sp³-hybridized carbons (Fsp3) is 0.455. The van der Waals surface area contributed by atoms with Crippen molar-refractivity contribution in [2.24, 2.45) is 0 Å². The van der Waals surface area contributed by atoms with Crippen molar-refractivity contribution in [2.75, 3.05) is 7.11 Å². The molecule has 0 aliphatic heterocycles. The van der Waals surface area contributed by atoms with E-state index < -0.39 is 6.10 Å². The Kier molecular flexibility index (Phi) is 6.32. The largest absolute Gasteiger partial charge is 0.497 e. The molecule has 1 amide bonds. The summed E-state index contributed by atoms with van der Waals surface area (Å²) in [5.74, 6) is 1.28. The fourth-order valence-corrected chi connectivity index (χ4v) is 3.49. The van der Waals surface area contributed by atoms with Gasteiger partial charge in [-0.25, -0.2) is 0 Å². The molecule has 5 nitrogen and oxygen atoms in total. The fourth-order valence-electron chi connectivity index (χ4n) is 3.49. The Morgan fingerprint density at radius 1 is 1.15 bits per heavy atom. The Balaban J connectivity index is 1.79. The van der Waals surface area contributed by atoms with Gasteiger partial charge in [-0.1, -0.05) is 19.8 Å². The molecule has 2 aromatic rings. The molecule has 0 saturated heterocycles. The third-order valence-electron chi connectivity index (χ3n) is 4.97. The van der Waals surface area contributed by atoms with E-state index in [-0.39, 0.29) is 11.9 Å². The molecule has 1 aromatic carbocycles. The molecule has 1 aliphatic rings. The first kappa shape index (κ1) is 19.2. The Labute approximate surface area is 161 Å². The van der Waals surface area contributed by atoms with Crippen LogP contribution < -0.4 is 14.8 Å². The van der Waals surface area contributed by atoms with Crippen LogP contribution in [0.1, 0.15) is 44.6 Å². The van der Waals surface area contributed by atoms with Gasteiger partial charge in [-0.2, -0.15) is 0 Å². The highest BCUT2D eigenvalue weighted by Gasteiger charge is 2.24. The number of amides is 1. The van der Waals surface area contributed by atoms with Crippen LogP contribution in [0.25, 0.3) is 11.1 Å². The van der Waals surface area contributed by atoms with Crippen LogP contribution in [-0.4, -0.2) is 30.1 Å². The number of ether oxygens (including phenoxy) is 2. The highest BCUT2D eigenvalue weighted by Crippen LogP contribution is 2.30. The molecular weight excluding hydrogens is 340 g/mol. The molecule has 27 heavy (non-hydrogen) atoms. The van der Waals surface area contributed by atoms with Gasteiger partial charge in [-0.3, -0.25) is 9.78 Å². The number of benzene rings is 1. The summed E-state index contributed by atoms with van der Waals surface area (Å²) in [6.45, 7) is 3.97. The van der Waals surface area contributed by atoms with Gasteiger partial charge in [0.15, 0.2) is 6.10 Å². The number of hydrogen-bond acceptors (Lipinski definition) is 4. The molecule has 1 unspecified atom stereocenters. The number of nitrogens with one attached hydrogen (secondary N) is 1. The summed E-state index contributed by atoms with van der Waals surface area (Å²) in [6, 6.07) is 8.05. The van der Waals surface area contributed by atoms with Gasteiger partial charge in [0.1, 0.15) is 11.5 Å². The Morgan fingerprint density at radius 3 is 2.56 bits per heavy atom. The Morgan fingerprint density at radius 2 is 1.89 bits per heavy atom. The average Bonchev–Trinajstić information content (AvgIpc) is 3.18. The van der Waals surface area contributed by atoms with Crippen LogP contribution in [0.15, 0.2) is 36.7 Å². The predicted octanol–water partition coefficient (Wildman–Crippen LogP) is 4.28. The summed E-state index contributed by atoms with van der Waals surface area (Å²) < 4.78 is 11.5.